The lowest BCUT2D eigenvalue weighted by Gasteiger charge is -2.38. The molecule has 0 fully saturated rings. The number of ether oxygens (including phenoxy) is 1. The molecule has 1 N–H and O–H groups in total. The number of rotatable bonds is 9. The van der Waals surface area contributed by atoms with Gasteiger partial charge in [-0.3, -0.25) is 9.59 Å². The third-order valence-electron chi connectivity index (χ3n) is 6.32. The molecule has 0 aliphatic carbocycles. The predicted molar refractivity (Wildman–Crippen MR) is 140 cm³/mol. The van der Waals surface area contributed by atoms with E-state index >= 15 is 0 Å². The van der Waals surface area contributed by atoms with E-state index < -0.39 is 0 Å². The van der Waals surface area contributed by atoms with Crippen LogP contribution in [0.2, 0.25) is 0 Å². The third-order valence-corrected chi connectivity index (χ3v) is 6.32. The van der Waals surface area contributed by atoms with Crippen LogP contribution in [-0.4, -0.2) is 29.8 Å². The number of hydrogen-bond donors (Lipinski definition) is 1. The van der Waals surface area contributed by atoms with Crippen molar-refractivity contribution in [3.63, 3.8) is 0 Å². The Bertz CT molecular complexity index is 1230. The van der Waals surface area contributed by atoms with Crippen LogP contribution >= 0.6 is 0 Å². The summed E-state index contributed by atoms with van der Waals surface area (Å²) >= 11 is 0. The first-order valence-corrected chi connectivity index (χ1v) is 12.4. The fourth-order valence-electron chi connectivity index (χ4n) is 4.51. The summed E-state index contributed by atoms with van der Waals surface area (Å²) in [5, 5.41) is 2.69. The quantitative estimate of drug-likeness (QED) is 0.400. The molecule has 6 nitrogen and oxygen atoms in total. The zero-order valence-corrected chi connectivity index (χ0v) is 21.3. The Kier molecular flexibility index (Phi) is 7.93. The van der Waals surface area contributed by atoms with Crippen LogP contribution in [0.25, 0.3) is 0 Å². The smallest absolute Gasteiger partial charge is 0.287 e. The van der Waals surface area contributed by atoms with Crippen LogP contribution in [-0.2, 0) is 17.8 Å². The molecular weight excluding hydrogens is 452 g/mol. The van der Waals surface area contributed by atoms with Crippen molar-refractivity contribution in [3.8, 4) is 5.75 Å². The van der Waals surface area contributed by atoms with Crippen molar-refractivity contribution in [2.45, 2.75) is 46.3 Å². The maximum absolute atomic E-state index is 13.2. The van der Waals surface area contributed by atoms with Crippen LogP contribution in [0.5, 0.6) is 5.75 Å². The summed E-state index contributed by atoms with van der Waals surface area (Å²) in [4.78, 5) is 27.3. The van der Waals surface area contributed by atoms with Crippen molar-refractivity contribution < 1.29 is 18.7 Å². The first-order chi connectivity index (χ1) is 17.4. The van der Waals surface area contributed by atoms with Crippen LogP contribution in [0.15, 0.2) is 71.7 Å². The zero-order chi connectivity index (χ0) is 25.7. The van der Waals surface area contributed by atoms with Gasteiger partial charge in [-0.2, -0.15) is 0 Å². The van der Waals surface area contributed by atoms with Gasteiger partial charge >= 0.3 is 0 Å². The minimum absolute atomic E-state index is 0.159. The van der Waals surface area contributed by atoms with Gasteiger partial charge in [0.15, 0.2) is 5.76 Å². The van der Waals surface area contributed by atoms with E-state index in [0.717, 1.165) is 17.5 Å². The number of nitrogens with one attached hydrogen (secondary N) is 1. The van der Waals surface area contributed by atoms with Crippen LogP contribution in [0.4, 0.5) is 0 Å². The molecule has 0 radical (unpaired) electrons. The van der Waals surface area contributed by atoms with Gasteiger partial charge in [-0.05, 0) is 60.2 Å². The van der Waals surface area contributed by atoms with Crippen molar-refractivity contribution >= 4 is 11.8 Å². The summed E-state index contributed by atoms with van der Waals surface area (Å²) in [5.74, 6) is 1.66. The summed E-state index contributed by atoms with van der Waals surface area (Å²) in [6.07, 6.45) is 2.95. The second-order valence-electron chi connectivity index (χ2n) is 9.66. The molecule has 1 aliphatic rings. The lowest BCUT2D eigenvalue weighted by Crippen LogP contribution is -2.41. The monoisotopic (exact) mass is 486 g/mol. The second kappa shape index (κ2) is 11.3. The molecule has 0 saturated carbocycles. The van der Waals surface area contributed by atoms with Gasteiger partial charge in [0, 0.05) is 19.5 Å². The number of nitrogens with zero attached hydrogens (tertiary/aromatic N) is 1. The van der Waals surface area contributed by atoms with Gasteiger partial charge in [-0.15, -0.1) is 6.58 Å². The summed E-state index contributed by atoms with van der Waals surface area (Å²) in [7, 11) is 0. The average Bonchev–Trinajstić information content (AvgIpc) is 3.34. The molecule has 2 aromatic carbocycles. The Morgan fingerprint density at radius 1 is 1.17 bits per heavy atom. The Balaban J connectivity index is 1.57. The van der Waals surface area contributed by atoms with E-state index in [1.54, 1.807) is 18.2 Å². The maximum Gasteiger partial charge on any atom is 0.287 e. The van der Waals surface area contributed by atoms with Crippen molar-refractivity contribution in [1.29, 1.82) is 0 Å². The highest BCUT2D eigenvalue weighted by Gasteiger charge is 2.32. The van der Waals surface area contributed by atoms with Gasteiger partial charge in [0.1, 0.15) is 18.1 Å². The molecule has 3 aromatic rings. The van der Waals surface area contributed by atoms with Crippen molar-refractivity contribution in [2.24, 2.45) is 5.92 Å². The lowest BCUT2D eigenvalue weighted by molar-refractivity contribution is -0.134. The number of benzene rings is 2. The molecule has 1 aromatic heterocycles. The first kappa shape index (κ1) is 25.3. The lowest BCUT2D eigenvalue weighted by atomic mass is 9.87. The number of carbonyl (C=O) groups excluding carboxylic acids is 2. The minimum Gasteiger partial charge on any atom is -0.486 e. The Morgan fingerprint density at radius 3 is 2.67 bits per heavy atom. The third kappa shape index (κ3) is 5.88. The summed E-state index contributed by atoms with van der Waals surface area (Å²) < 4.78 is 11.7. The van der Waals surface area contributed by atoms with Crippen LogP contribution in [0, 0.1) is 12.8 Å². The van der Waals surface area contributed by atoms with Gasteiger partial charge in [0.05, 0.1) is 6.04 Å². The van der Waals surface area contributed by atoms with Crippen molar-refractivity contribution in [2.75, 3.05) is 13.1 Å². The van der Waals surface area contributed by atoms with E-state index in [1.165, 1.54) is 11.1 Å². The molecule has 4 rings (SSSR count). The molecule has 2 heterocycles. The van der Waals surface area contributed by atoms with Crippen LogP contribution in [0.1, 0.15) is 64.9 Å². The SMILES string of the molecule is C=CCNC(=O)c1ccc(COc2ccc3c(c2)[C@H](c2ccc(C)cc2)N(C(=O)CC(C)C)CC3)o1. The Hall–Kier alpha value is -3.80. The minimum atomic E-state index is -0.290. The molecule has 188 valence electrons. The normalized spacial score (nSPS) is 14.9. The van der Waals surface area contributed by atoms with E-state index in [-0.39, 0.29) is 30.2 Å². The van der Waals surface area contributed by atoms with Gasteiger partial charge in [0.25, 0.3) is 5.91 Å². The fourth-order valence-corrected chi connectivity index (χ4v) is 4.51. The Morgan fingerprint density at radius 2 is 1.94 bits per heavy atom. The predicted octanol–water partition coefficient (Wildman–Crippen LogP) is 5.60. The maximum atomic E-state index is 13.2. The van der Waals surface area contributed by atoms with E-state index in [0.29, 0.717) is 36.9 Å². The zero-order valence-electron chi connectivity index (χ0n) is 21.3. The standard InChI is InChI=1S/C30H34N2O4/c1-5-15-31-30(34)27-13-12-25(36-27)19-35-24-11-10-22-14-16-32(28(33)17-20(2)3)29(26(22)18-24)23-8-6-21(4)7-9-23/h5-13,18,20,29H,1,14-17,19H2,2-4H3,(H,31,34)/t29-/m0/s1. The van der Waals surface area contributed by atoms with E-state index in [9.17, 15) is 9.59 Å². The number of carbonyl (C=O) groups is 2. The molecule has 0 bridgehead atoms. The largest absolute Gasteiger partial charge is 0.486 e. The fraction of sp³-hybridized carbons (Fsp3) is 0.333. The van der Waals surface area contributed by atoms with E-state index in [1.807, 2.05) is 17.0 Å². The number of aryl methyl sites for hydroxylation is 1. The molecule has 0 unspecified atom stereocenters. The summed E-state index contributed by atoms with van der Waals surface area (Å²) in [6.45, 7) is 11.1. The number of amides is 2. The molecule has 0 spiro atoms. The highest BCUT2D eigenvalue weighted by molar-refractivity contribution is 5.91. The molecule has 2 amide bonds. The molecule has 36 heavy (non-hydrogen) atoms. The number of hydrogen-bond acceptors (Lipinski definition) is 4. The van der Waals surface area contributed by atoms with E-state index in [4.69, 9.17) is 9.15 Å². The number of furan rings is 1. The Labute approximate surface area is 212 Å². The highest BCUT2D eigenvalue weighted by Crippen LogP contribution is 2.38. The van der Waals surface area contributed by atoms with Crippen LogP contribution < -0.4 is 10.1 Å². The van der Waals surface area contributed by atoms with Crippen molar-refractivity contribution in [1.82, 2.24) is 10.2 Å². The number of fused-ring (bicyclic) bond motifs is 1. The van der Waals surface area contributed by atoms with Crippen molar-refractivity contribution in [3.05, 3.63) is 101 Å². The highest BCUT2D eigenvalue weighted by atomic mass is 16.5. The summed E-state index contributed by atoms with van der Waals surface area (Å²) in [6, 6.07) is 17.7. The van der Waals surface area contributed by atoms with Gasteiger partial charge < -0.3 is 19.4 Å². The second-order valence-corrected chi connectivity index (χ2v) is 9.66. The van der Waals surface area contributed by atoms with Gasteiger partial charge in [-0.25, -0.2) is 0 Å². The molecule has 0 saturated heterocycles. The van der Waals surface area contributed by atoms with Crippen LogP contribution in [0.3, 0.4) is 0 Å². The molecule has 6 heteroatoms. The van der Waals surface area contributed by atoms with Gasteiger partial charge in [0.2, 0.25) is 5.91 Å². The topological polar surface area (TPSA) is 71.8 Å². The summed E-state index contributed by atoms with van der Waals surface area (Å²) in [5.41, 5.74) is 4.59. The molecule has 1 atom stereocenters. The first-order valence-electron chi connectivity index (χ1n) is 12.4. The van der Waals surface area contributed by atoms with Gasteiger partial charge in [-0.1, -0.05) is 55.8 Å². The van der Waals surface area contributed by atoms with E-state index in [2.05, 4.69) is 63.0 Å². The molecular formula is C30H34N2O4. The average molecular weight is 487 g/mol. The molecule has 1 aliphatic heterocycles.